The lowest BCUT2D eigenvalue weighted by Crippen LogP contribution is -2.27. The molecule has 1 amide bonds. The van der Waals surface area contributed by atoms with Crippen LogP contribution in [0.4, 0.5) is 0 Å². The molecule has 1 N–H and O–H groups in total. The topological polar surface area (TPSA) is 29.1 Å². The summed E-state index contributed by atoms with van der Waals surface area (Å²) >= 11 is 9.56. The summed E-state index contributed by atoms with van der Waals surface area (Å²) in [5.74, 6) is 0.00714. The molecule has 3 rings (SSSR count). The largest absolute Gasteiger partial charge is 0.355 e. The first-order chi connectivity index (χ1) is 11.2. The number of carbonyl (C=O) groups excluding carboxylic acids is 1. The molecule has 23 heavy (non-hydrogen) atoms. The second-order valence-electron chi connectivity index (χ2n) is 5.15. The lowest BCUT2D eigenvalue weighted by molar-refractivity contribution is -0.120. The highest BCUT2D eigenvalue weighted by Crippen LogP contribution is 2.29. The van der Waals surface area contributed by atoms with Crippen LogP contribution in [0, 0.1) is 0 Å². The summed E-state index contributed by atoms with van der Waals surface area (Å²) in [5.41, 5.74) is 2.14. The lowest BCUT2D eigenvalue weighted by atomic mass is 10.1. The molecule has 3 aromatic rings. The predicted molar refractivity (Wildman–Crippen MR) is 99.5 cm³/mol. The van der Waals surface area contributed by atoms with Crippen molar-refractivity contribution in [3.05, 3.63) is 68.7 Å². The molecule has 2 heterocycles. The van der Waals surface area contributed by atoms with Gasteiger partial charge >= 0.3 is 0 Å². The van der Waals surface area contributed by atoms with Gasteiger partial charge in [-0.1, -0.05) is 29.8 Å². The molecule has 1 aromatic carbocycles. The average molecular weight is 362 g/mol. The van der Waals surface area contributed by atoms with Gasteiger partial charge in [0.25, 0.3) is 0 Å². The van der Waals surface area contributed by atoms with Crippen molar-refractivity contribution < 1.29 is 4.79 Å². The van der Waals surface area contributed by atoms with E-state index in [2.05, 4.69) is 34.3 Å². The summed E-state index contributed by atoms with van der Waals surface area (Å²) in [6, 6.07) is 13.9. The predicted octanol–water partition coefficient (Wildman–Crippen LogP) is 5.03. The van der Waals surface area contributed by atoms with Crippen molar-refractivity contribution in [1.82, 2.24) is 5.32 Å². The summed E-state index contributed by atoms with van der Waals surface area (Å²) in [6.07, 6.45) is 1.17. The second kappa shape index (κ2) is 7.77. The maximum atomic E-state index is 12.0. The second-order valence-corrected chi connectivity index (χ2v) is 7.50. The molecule has 0 radical (unpaired) electrons. The van der Waals surface area contributed by atoms with E-state index in [9.17, 15) is 4.79 Å². The number of amides is 1. The first kappa shape index (κ1) is 16.2. The van der Waals surface area contributed by atoms with Gasteiger partial charge in [-0.15, -0.1) is 11.3 Å². The molecular weight excluding hydrogens is 346 g/mol. The maximum absolute atomic E-state index is 12.0. The van der Waals surface area contributed by atoms with E-state index in [4.69, 9.17) is 11.6 Å². The summed E-state index contributed by atoms with van der Waals surface area (Å²) in [6.45, 7) is 0.646. The number of hydrogen-bond donors (Lipinski definition) is 1. The molecule has 0 atom stereocenters. The molecule has 5 heteroatoms. The third kappa shape index (κ3) is 4.44. The van der Waals surface area contributed by atoms with Gasteiger partial charge in [-0.25, -0.2) is 0 Å². The Morgan fingerprint density at radius 1 is 1.13 bits per heavy atom. The molecule has 0 unspecified atom stereocenters. The van der Waals surface area contributed by atoms with Crippen molar-refractivity contribution in [3.8, 4) is 10.4 Å². The van der Waals surface area contributed by atoms with Gasteiger partial charge in [-0.2, -0.15) is 11.3 Å². The van der Waals surface area contributed by atoms with Gasteiger partial charge in [-0.05, 0) is 47.0 Å². The van der Waals surface area contributed by atoms with E-state index in [1.807, 2.05) is 24.3 Å². The monoisotopic (exact) mass is 361 g/mol. The van der Waals surface area contributed by atoms with Crippen molar-refractivity contribution >= 4 is 40.2 Å². The molecule has 0 spiro atoms. The fraction of sp³-hybridized carbons (Fsp3) is 0.167. The minimum Gasteiger partial charge on any atom is -0.355 e. The Labute approximate surface area is 148 Å². The zero-order valence-corrected chi connectivity index (χ0v) is 14.8. The van der Waals surface area contributed by atoms with Crippen LogP contribution < -0.4 is 5.32 Å². The van der Waals surface area contributed by atoms with Crippen LogP contribution in [0.25, 0.3) is 10.4 Å². The van der Waals surface area contributed by atoms with E-state index in [0.717, 1.165) is 12.0 Å². The van der Waals surface area contributed by atoms with Crippen molar-refractivity contribution in [2.24, 2.45) is 0 Å². The number of carbonyl (C=O) groups is 1. The number of rotatable bonds is 6. The van der Waals surface area contributed by atoms with E-state index in [1.165, 1.54) is 15.3 Å². The standard InChI is InChI=1S/C18H16ClNOS2/c19-16-4-2-1-3-13(16)11-18(21)20-9-7-15-5-6-17(23-15)14-8-10-22-12-14/h1-6,8,10,12H,7,9,11H2,(H,20,21). The highest BCUT2D eigenvalue weighted by atomic mass is 35.5. The fourth-order valence-corrected chi connectivity index (χ4v) is 4.21. The molecule has 0 aliphatic rings. The molecular formula is C18H16ClNOS2. The molecule has 0 saturated carbocycles. The number of hydrogen-bond acceptors (Lipinski definition) is 3. The number of benzene rings is 1. The van der Waals surface area contributed by atoms with Gasteiger partial charge < -0.3 is 5.32 Å². The van der Waals surface area contributed by atoms with Crippen LogP contribution in [0.5, 0.6) is 0 Å². The average Bonchev–Trinajstić information content (AvgIpc) is 3.20. The molecule has 0 bridgehead atoms. The zero-order chi connectivity index (χ0) is 16.1. The van der Waals surface area contributed by atoms with Gasteiger partial charge in [0, 0.05) is 26.9 Å². The summed E-state index contributed by atoms with van der Waals surface area (Å²) in [4.78, 5) is 14.5. The third-order valence-corrected chi connectivity index (χ3v) is 5.72. The summed E-state index contributed by atoms with van der Waals surface area (Å²) in [7, 11) is 0. The van der Waals surface area contributed by atoms with E-state index in [-0.39, 0.29) is 5.91 Å². The van der Waals surface area contributed by atoms with Gasteiger partial charge in [0.05, 0.1) is 6.42 Å². The van der Waals surface area contributed by atoms with Crippen LogP contribution >= 0.6 is 34.3 Å². The summed E-state index contributed by atoms with van der Waals surface area (Å²) in [5, 5.41) is 7.84. The Hall–Kier alpha value is -1.62. The molecule has 118 valence electrons. The third-order valence-electron chi connectivity index (χ3n) is 3.47. The van der Waals surface area contributed by atoms with Gasteiger partial charge in [-0.3, -0.25) is 4.79 Å². The zero-order valence-electron chi connectivity index (χ0n) is 12.4. The Morgan fingerprint density at radius 3 is 2.78 bits per heavy atom. The van der Waals surface area contributed by atoms with Crippen LogP contribution in [0.1, 0.15) is 10.4 Å². The lowest BCUT2D eigenvalue weighted by Gasteiger charge is -2.05. The Kier molecular flexibility index (Phi) is 5.49. The normalized spacial score (nSPS) is 10.7. The van der Waals surface area contributed by atoms with Gasteiger partial charge in [0.1, 0.15) is 0 Å². The molecule has 2 nitrogen and oxygen atoms in total. The van der Waals surface area contributed by atoms with Gasteiger partial charge in [0.15, 0.2) is 0 Å². The number of thiophene rings is 2. The molecule has 0 saturated heterocycles. The fourth-order valence-electron chi connectivity index (χ4n) is 2.27. The van der Waals surface area contributed by atoms with Crippen molar-refractivity contribution in [3.63, 3.8) is 0 Å². The molecule has 2 aromatic heterocycles. The van der Waals surface area contributed by atoms with Crippen LogP contribution in [-0.2, 0) is 17.6 Å². The first-order valence-corrected chi connectivity index (χ1v) is 9.47. The SMILES string of the molecule is O=C(Cc1ccccc1Cl)NCCc1ccc(-c2ccsc2)s1. The molecule has 0 fully saturated rings. The Morgan fingerprint density at radius 2 is 2.00 bits per heavy atom. The molecule has 0 aliphatic carbocycles. The first-order valence-electron chi connectivity index (χ1n) is 7.34. The van der Waals surface area contributed by atoms with Crippen molar-refractivity contribution in [2.45, 2.75) is 12.8 Å². The Balaban J connectivity index is 1.48. The van der Waals surface area contributed by atoms with Crippen LogP contribution in [0.15, 0.2) is 53.2 Å². The van der Waals surface area contributed by atoms with Crippen molar-refractivity contribution in [2.75, 3.05) is 6.54 Å². The van der Waals surface area contributed by atoms with E-state index >= 15 is 0 Å². The van der Waals surface area contributed by atoms with Crippen molar-refractivity contribution in [1.29, 1.82) is 0 Å². The van der Waals surface area contributed by atoms with Crippen LogP contribution in [-0.4, -0.2) is 12.5 Å². The smallest absolute Gasteiger partial charge is 0.224 e. The molecule has 0 aliphatic heterocycles. The highest BCUT2D eigenvalue weighted by molar-refractivity contribution is 7.16. The minimum atomic E-state index is 0.00714. The quantitative estimate of drug-likeness (QED) is 0.655. The number of nitrogens with one attached hydrogen (secondary N) is 1. The number of halogens is 1. The minimum absolute atomic E-state index is 0.00714. The van der Waals surface area contributed by atoms with E-state index in [0.29, 0.717) is 18.0 Å². The van der Waals surface area contributed by atoms with Gasteiger partial charge in [0.2, 0.25) is 5.91 Å². The van der Waals surface area contributed by atoms with E-state index in [1.54, 1.807) is 22.7 Å². The maximum Gasteiger partial charge on any atom is 0.224 e. The van der Waals surface area contributed by atoms with Crippen LogP contribution in [0.3, 0.4) is 0 Å². The summed E-state index contributed by atoms with van der Waals surface area (Å²) < 4.78 is 0. The Bertz CT molecular complexity index is 780. The van der Waals surface area contributed by atoms with Crippen LogP contribution in [0.2, 0.25) is 5.02 Å². The highest BCUT2D eigenvalue weighted by Gasteiger charge is 2.07. The van der Waals surface area contributed by atoms with E-state index < -0.39 is 0 Å².